The van der Waals surface area contributed by atoms with E-state index in [4.69, 9.17) is 4.74 Å². The summed E-state index contributed by atoms with van der Waals surface area (Å²) in [4.78, 5) is 12.9. The largest absolute Gasteiger partial charge is 0.508 e. The van der Waals surface area contributed by atoms with Crippen molar-refractivity contribution < 1.29 is 14.6 Å². The molecule has 2 rings (SSSR count). The van der Waals surface area contributed by atoms with Crippen LogP contribution in [0.3, 0.4) is 0 Å². The molecule has 0 heterocycles. The summed E-state index contributed by atoms with van der Waals surface area (Å²) in [5.74, 6) is 0.377. The smallest absolute Gasteiger partial charge is 0.308 e. The normalized spacial score (nSPS) is 10.2. The average molecular weight is 339 g/mol. The molecule has 0 spiro atoms. The van der Waals surface area contributed by atoms with Crippen LogP contribution in [0.5, 0.6) is 11.5 Å². The number of phenols is 1. The molecule has 0 amide bonds. The summed E-state index contributed by atoms with van der Waals surface area (Å²) < 4.78 is 6.03. The van der Waals surface area contributed by atoms with E-state index >= 15 is 0 Å². The molecule has 0 unspecified atom stereocenters. The molecular weight excluding hydrogens is 328 g/mol. The molecule has 0 saturated carbocycles. The Morgan fingerprint density at radius 2 is 1.89 bits per heavy atom. The maximum atomic E-state index is 11.1. The zero-order valence-corrected chi connectivity index (χ0v) is 12.5. The van der Waals surface area contributed by atoms with Gasteiger partial charge < -0.3 is 9.84 Å². The van der Waals surface area contributed by atoms with Crippen molar-refractivity contribution in [2.24, 2.45) is 0 Å². The van der Waals surface area contributed by atoms with Crippen molar-refractivity contribution in [2.45, 2.75) is 16.7 Å². The Hall–Kier alpha value is -1.46. The Morgan fingerprint density at radius 3 is 2.53 bits per heavy atom. The molecule has 0 aromatic heterocycles. The molecule has 5 heteroatoms. The number of esters is 1. The molecule has 2 aromatic rings. The number of benzene rings is 2. The topological polar surface area (TPSA) is 46.5 Å². The molecule has 0 aliphatic rings. The first-order valence-electron chi connectivity index (χ1n) is 5.50. The van der Waals surface area contributed by atoms with Gasteiger partial charge in [-0.2, -0.15) is 0 Å². The summed E-state index contributed by atoms with van der Waals surface area (Å²) in [6, 6.07) is 12.3. The summed E-state index contributed by atoms with van der Waals surface area (Å²) in [7, 11) is 0. The maximum Gasteiger partial charge on any atom is 0.308 e. The second-order valence-corrected chi connectivity index (χ2v) is 5.69. The maximum absolute atomic E-state index is 11.1. The molecule has 0 aliphatic carbocycles. The van der Waals surface area contributed by atoms with E-state index < -0.39 is 0 Å². The van der Waals surface area contributed by atoms with Gasteiger partial charge in [-0.3, -0.25) is 4.79 Å². The minimum absolute atomic E-state index is 0.219. The van der Waals surface area contributed by atoms with Crippen LogP contribution in [0.1, 0.15) is 6.92 Å². The Morgan fingerprint density at radius 1 is 1.21 bits per heavy atom. The van der Waals surface area contributed by atoms with E-state index in [0.717, 1.165) is 14.3 Å². The van der Waals surface area contributed by atoms with Crippen LogP contribution in [-0.2, 0) is 4.79 Å². The lowest BCUT2D eigenvalue weighted by molar-refractivity contribution is -0.132. The predicted molar refractivity (Wildman–Crippen MR) is 77.7 cm³/mol. The minimum atomic E-state index is -0.356. The first kappa shape index (κ1) is 14.0. The molecule has 2 aromatic carbocycles. The first-order valence-corrected chi connectivity index (χ1v) is 7.11. The molecular formula is C14H11BrO3S. The van der Waals surface area contributed by atoms with Crippen molar-refractivity contribution in [3.8, 4) is 11.5 Å². The van der Waals surface area contributed by atoms with Crippen LogP contribution in [-0.4, -0.2) is 11.1 Å². The van der Waals surface area contributed by atoms with Crippen molar-refractivity contribution in [3.05, 3.63) is 46.9 Å². The Balaban J connectivity index is 2.32. The zero-order chi connectivity index (χ0) is 13.8. The quantitative estimate of drug-likeness (QED) is 0.671. The van der Waals surface area contributed by atoms with Crippen LogP contribution in [0.4, 0.5) is 0 Å². The highest BCUT2D eigenvalue weighted by molar-refractivity contribution is 9.10. The van der Waals surface area contributed by atoms with Crippen molar-refractivity contribution in [2.75, 3.05) is 0 Å². The Kier molecular flexibility index (Phi) is 4.50. The number of aromatic hydroxyl groups is 1. The van der Waals surface area contributed by atoms with Gasteiger partial charge in [0.15, 0.2) is 0 Å². The van der Waals surface area contributed by atoms with E-state index in [-0.39, 0.29) is 11.7 Å². The molecule has 3 nitrogen and oxygen atoms in total. The molecule has 0 fully saturated rings. The summed E-state index contributed by atoms with van der Waals surface area (Å²) in [5, 5.41) is 9.26. The number of carbonyl (C=O) groups excluding carboxylic acids is 1. The van der Waals surface area contributed by atoms with E-state index in [2.05, 4.69) is 15.9 Å². The van der Waals surface area contributed by atoms with E-state index in [0.29, 0.717) is 5.75 Å². The monoisotopic (exact) mass is 338 g/mol. The van der Waals surface area contributed by atoms with Crippen LogP contribution in [0.2, 0.25) is 0 Å². The van der Waals surface area contributed by atoms with E-state index in [1.165, 1.54) is 18.7 Å². The van der Waals surface area contributed by atoms with Crippen LogP contribution in [0.15, 0.2) is 56.7 Å². The number of phenolic OH excluding ortho intramolecular Hbond substituents is 1. The highest BCUT2D eigenvalue weighted by Crippen LogP contribution is 2.40. The molecule has 0 bridgehead atoms. The number of rotatable bonds is 3. The first-order chi connectivity index (χ1) is 9.06. The summed E-state index contributed by atoms with van der Waals surface area (Å²) in [5.41, 5.74) is 0. The SMILES string of the molecule is CC(=O)Oc1cccc(Br)c1Sc1ccc(O)cc1. The fourth-order valence-electron chi connectivity index (χ4n) is 1.46. The summed E-state index contributed by atoms with van der Waals surface area (Å²) >= 11 is 4.90. The third-order valence-electron chi connectivity index (χ3n) is 2.24. The van der Waals surface area contributed by atoms with Gasteiger partial charge in [0.2, 0.25) is 0 Å². The predicted octanol–water partition coefficient (Wildman–Crippen LogP) is 4.23. The van der Waals surface area contributed by atoms with E-state index in [1.54, 1.807) is 30.3 Å². The molecule has 0 atom stereocenters. The Bertz CT molecular complexity index is 596. The van der Waals surface area contributed by atoms with E-state index in [1.807, 2.05) is 12.1 Å². The molecule has 0 saturated heterocycles. The van der Waals surface area contributed by atoms with Gasteiger partial charge in [0.25, 0.3) is 0 Å². The standard InChI is InChI=1S/C14H11BrO3S/c1-9(16)18-13-4-2-3-12(15)14(13)19-11-7-5-10(17)6-8-11/h2-8,17H,1H3. The van der Waals surface area contributed by atoms with Gasteiger partial charge in [0.05, 0.1) is 4.90 Å². The fourth-order valence-corrected chi connectivity index (χ4v) is 2.93. The van der Waals surface area contributed by atoms with Gasteiger partial charge in [-0.15, -0.1) is 0 Å². The number of hydrogen-bond acceptors (Lipinski definition) is 4. The summed E-state index contributed by atoms with van der Waals surface area (Å²) in [6.45, 7) is 1.37. The van der Waals surface area contributed by atoms with Gasteiger partial charge in [-0.25, -0.2) is 0 Å². The third-order valence-corrected chi connectivity index (χ3v) is 4.30. The third kappa shape index (κ3) is 3.75. The van der Waals surface area contributed by atoms with Gasteiger partial charge in [0, 0.05) is 16.3 Å². The second kappa shape index (κ2) is 6.12. The van der Waals surface area contributed by atoms with Crippen LogP contribution in [0.25, 0.3) is 0 Å². The number of carbonyl (C=O) groups is 1. The molecule has 0 radical (unpaired) electrons. The zero-order valence-electron chi connectivity index (χ0n) is 10.1. The van der Waals surface area contributed by atoms with Crippen LogP contribution >= 0.6 is 27.7 Å². The molecule has 0 aliphatic heterocycles. The van der Waals surface area contributed by atoms with E-state index in [9.17, 15) is 9.90 Å². The lowest BCUT2D eigenvalue weighted by atomic mass is 10.3. The second-order valence-electron chi connectivity index (χ2n) is 3.76. The van der Waals surface area contributed by atoms with Crippen molar-refractivity contribution in [3.63, 3.8) is 0 Å². The molecule has 1 N–H and O–H groups in total. The molecule has 98 valence electrons. The Labute approximate surface area is 123 Å². The summed E-state index contributed by atoms with van der Waals surface area (Å²) in [6.07, 6.45) is 0. The lowest BCUT2D eigenvalue weighted by Gasteiger charge is -2.10. The van der Waals surface area contributed by atoms with Crippen LogP contribution < -0.4 is 4.74 Å². The van der Waals surface area contributed by atoms with Crippen molar-refractivity contribution in [1.82, 2.24) is 0 Å². The fraction of sp³-hybridized carbons (Fsp3) is 0.0714. The number of ether oxygens (including phenoxy) is 1. The average Bonchev–Trinajstić information content (AvgIpc) is 2.35. The lowest BCUT2D eigenvalue weighted by Crippen LogP contribution is -2.02. The minimum Gasteiger partial charge on any atom is -0.508 e. The van der Waals surface area contributed by atoms with Gasteiger partial charge in [-0.1, -0.05) is 17.8 Å². The number of halogens is 1. The van der Waals surface area contributed by atoms with Gasteiger partial charge >= 0.3 is 5.97 Å². The van der Waals surface area contributed by atoms with Crippen LogP contribution in [0, 0.1) is 0 Å². The van der Waals surface area contributed by atoms with Crippen molar-refractivity contribution >= 4 is 33.7 Å². The van der Waals surface area contributed by atoms with Gasteiger partial charge in [-0.05, 0) is 52.3 Å². The highest BCUT2D eigenvalue weighted by atomic mass is 79.9. The molecule has 19 heavy (non-hydrogen) atoms. The van der Waals surface area contributed by atoms with Gasteiger partial charge in [0.1, 0.15) is 11.5 Å². The highest BCUT2D eigenvalue weighted by Gasteiger charge is 2.11. The number of hydrogen-bond donors (Lipinski definition) is 1. The van der Waals surface area contributed by atoms with Crippen molar-refractivity contribution in [1.29, 1.82) is 0 Å².